The number of aromatic nitrogens is 2. The molecule has 0 aliphatic carbocycles. The zero-order valence-corrected chi connectivity index (χ0v) is 13.9. The third kappa shape index (κ3) is 3.36. The molecule has 2 aromatic rings. The van der Waals surface area contributed by atoms with E-state index in [9.17, 15) is 9.59 Å². The Bertz CT molecular complexity index is 723. The van der Waals surface area contributed by atoms with Gasteiger partial charge in [-0.2, -0.15) is 0 Å². The minimum Gasteiger partial charge on any atom is -0.491 e. The highest BCUT2D eigenvalue weighted by Gasteiger charge is 2.20. The Labute approximate surface area is 133 Å². The van der Waals surface area contributed by atoms with Gasteiger partial charge in [0.1, 0.15) is 11.6 Å². The maximum absolute atomic E-state index is 12.4. The summed E-state index contributed by atoms with van der Waals surface area (Å²) < 4.78 is 6.33. The van der Waals surface area contributed by atoms with E-state index in [1.807, 2.05) is 19.2 Å². The van der Waals surface area contributed by atoms with Crippen molar-refractivity contribution in [2.45, 2.75) is 26.4 Å². The van der Waals surface area contributed by atoms with Gasteiger partial charge in [-0.3, -0.25) is 9.59 Å². The molecule has 0 bridgehead atoms. The second-order valence-corrected chi connectivity index (χ2v) is 5.91. The maximum Gasteiger partial charge on any atom is 0.293 e. The first-order chi connectivity index (χ1) is 10.4. The average molecular weight is 321 g/mol. The van der Waals surface area contributed by atoms with Crippen LogP contribution < -0.4 is 10.3 Å². The number of thiazole rings is 1. The van der Waals surface area contributed by atoms with E-state index in [1.165, 1.54) is 23.0 Å². The van der Waals surface area contributed by atoms with Crippen molar-refractivity contribution in [3.63, 3.8) is 0 Å². The molecule has 2 heterocycles. The van der Waals surface area contributed by atoms with Crippen molar-refractivity contribution in [1.29, 1.82) is 0 Å². The Morgan fingerprint density at radius 3 is 2.86 bits per heavy atom. The average Bonchev–Trinajstić information content (AvgIpc) is 2.94. The second kappa shape index (κ2) is 6.74. The largest absolute Gasteiger partial charge is 0.491 e. The topological polar surface area (TPSA) is 64.4 Å². The fourth-order valence-electron chi connectivity index (χ4n) is 2.00. The Morgan fingerprint density at radius 2 is 2.27 bits per heavy atom. The van der Waals surface area contributed by atoms with Crippen LogP contribution in [0.2, 0.25) is 0 Å². The number of pyridine rings is 1. The highest BCUT2D eigenvalue weighted by Crippen LogP contribution is 2.22. The zero-order valence-electron chi connectivity index (χ0n) is 13.1. The van der Waals surface area contributed by atoms with Gasteiger partial charge in [-0.15, -0.1) is 11.3 Å². The first kappa shape index (κ1) is 16.2. The summed E-state index contributed by atoms with van der Waals surface area (Å²) in [6.07, 6.45) is 1.58. The fourth-order valence-corrected chi connectivity index (χ4v) is 2.89. The molecular formula is C15H19N3O3S. The molecule has 2 rings (SSSR count). The summed E-state index contributed by atoms with van der Waals surface area (Å²) in [4.78, 5) is 30.4. The van der Waals surface area contributed by atoms with E-state index in [0.29, 0.717) is 0 Å². The van der Waals surface area contributed by atoms with E-state index in [4.69, 9.17) is 4.74 Å². The molecule has 0 N–H and O–H groups in total. The summed E-state index contributed by atoms with van der Waals surface area (Å²) in [5.74, 6) is 0.0669. The van der Waals surface area contributed by atoms with Crippen LogP contribution in [0, 0.1) is 6.92 Å². The van der Waals surface area contributed by atoms with Gasteiger partial charge in [0.05, 0.1) is 13.2 Å². The molecule has 1 amide bonds. The number of likely N-dealkylation sites (N-methyl/N-ethyl adjacent to an activating group) is 1. The van der Waals surface area contributed by atoms with Crippen LogP contribution >= 0.6 is 11.3 Å². The molecule has 6 nitrogen and oxygen atoms in total. The molecule has 7 heteroatoms. The summed E-state index contributed by atoms with van der Waals surface area (Å²) >= 11 is 1.53. The molecule has 0 spiro atoms. The Morgan fingerprint density at radius 1 is 1.55 bits per heavy atom. The minimum absolute atomic E-state index is 0.0266. The number of nitrogens with zero attached hydrogens (tertiary/aromatic N) is 3. The summed E-state index contributed by atoms with van der Waals surface area (Å²) in [5.41, 5.74) is 0.626. The molecule has 1 atom stereocenters. The molecule has 0 aliphatic heterocycles. The third-order valence-electron chi connectivity index (χ3n) is 3.48. The van der Waals surface area contributed by atoms with Crippen molar-refractivity contribution in [2.24, 2.45) is 0 Å². The van der Waals surface area contributed by atoms with Gasteiger partial charge in [0, 0.05) is 24.3 Å². The molecular weight excluding hydrogens is 302 g/mol. The SMILES string of the molecule is COc1cccn(CC(=O)N(C)[C@H](C)c2nc(C)cs2)c1=O. The van der Waals surface area contributed by atoms with Crippen LogP contribution in [0.4, 0.5) is 0 Å². The van der Waals surface area contributed by atoms with Gasteiger partial charge < -0.3 is 14.2 Å². The minimum atomic E-state index is -0.315. The van der Waals surface area contributed by atoms with E-state index in [2.05, 4.69) is 4.98 Å². The van der Waals surface area contributed by atoms with Gasteiger partial charge in [0.2, 0.25) is 5.91 Å². The van der Waals surface area contributed by atoms with Gasteiger partial charge in [-0.05, 0) is 26.0 Å². The first-order valence-electron chi connectivity index (χ1n) is 6.85. The van der Waals surface area contributed by atoms with Gasteiger partial charge in [-0.25, -0.2) is 4.98 Å². The van der Waals surface area contributed by atoms with Gasteiger partial charge in [0.15, 0.2) is 5.75 Å². The van der Waals surface area contributed by atoms with Crippen LogP contribution in [0.3, 0.4) is 0 Å². The number of methoxy groups -OCH3 is 1. The predicted molar refractivity (Wildman–Crippen MR) is 85.3 cm³/mol. The number of hydrogen-bond acceptors (Lipinski definition) is 5. The van der Waals surface area contributed by atoms with Crippen molar-refractivity contribution in [3.8, 4) is 5.75 Å². The molecule has 0 radical (unpaired) electrons. The van der Waals surface area contributed by atoms with Crippen molar-refractivity contribution < 1.29 is 9.53 Å². The lowest BCUT2D eigenvalue weighted by molar-refractivity contribution is -0.132. The van der Waals surface area contributed by atoms with E-state index in [-0.39, 0.29) is 29.8 Å². The molecule has 0 fully saturated rings. The van der Waals surface area contributed by atoms with E-state index in [0.717, 1.165) is 10.7 Å². The Balaban J connectivity index is 2.13. The van der Waals surface area contributed by atoms with Crippen molar-refractivity contribution >= 4 is 17.2 Å². The normalized spacial score (nSPS) is 12.0. The predicted octanol–water partition coefficient (Wildman–Crippen LogP) is 1.84. The van der Waals surface area contributed by atoms with E-state index >= 15 is 0 Å². The lowest BCUT2D eigenvalue weighted by Gasteiger charge is -2.23. The van der Waals surface area contributed by atoms with Crippen LogP contribution in [-0.4, -0.2) is 34.5 Å². The number of aryl methyl sites for hydroxylation is 1. The number of amides is 1. The highest BCUT2D eigenvalue weighted by atomic mass is 32.1. The first-order valence-corrected chi connectivity index (χ1v) is 7.73. The zero-order chi connectivity index (χ0) is 16.3. The van der Waals surface area contributed by atoms with Crippen LogP contribution in [0.15, 0.2) is 28.5 Å². The molecule has 0 aromatic carbocycles. The van der Waals surface area contributed by atoms with Crippen molar-refractivity contribution in [1.82, 2.24) is 14.5 Å². The van der Waals surface area contributed by atoms with Crippen molar-refractivity contribution in [3.05, 3.63) is 44.8 Å². The summed E-state index contributed by atoms with van der Waals surface area (Å²) in [6, 6.07) is 3.13. The molecule has 2 aromatic heterocycles. The molecule has 0 unspecified atom stereocenters. The van der Waals surface area contributed by atoms with Gasteiger partial charge in [-0.1, -0.05) is 0 Å². The van der Waals surface area contributed by atoms with E-state index in [1.54, 1.807) is 30.3 Å². The second-order valence-electron chi connectivity index (χ2n) is 5.02. The maximum atomic E-state index is 12.4. The lowest BCUT2D eigenvalue weighted by atomic mass is 10.3. The number of ether oxygens (including phenoxy) is 1. The van der Waals surface area contributed by atoms with Crippen LogP contribution in [0.25, 0.3) is 0 Å². The molecule has 0 saturated carbocycles. The fraction of sp³-hybridized carbons (Fsp3) is 0.400. The number of carbonyl (C=O) groups excluding carboxylic acids is 1. The Hall–Kier alpha value is -2.15. The quantitative estimate of drug-likeness (QED) is 0.843. The summed E-state index contributed by atoms with van der Waals surface area (Å²) in [6.45, 7) is 3.82. The monoisotopic (exact) mass is 321 g/mol. The third-order valence-corrected chi connectivity index (χ3v) is 4.61. The smallest absolute Gasteiger partial charge is 0.293 e. The van der Waals surface area contributed by atoms with Crippen LogP contribution in [0.1, 0.15) is 23.7 Å². The molecule has 0 saturated heterocycles. The lowest BCUT2D eigenvalue weighted by Crippen LogP contribution is -2.35. The highest BCUT2D eigenvalue weighted by molar-refractivity contribution is 7.09. The number of carbonyl (C=O) groups is 1. The van der Waals surface area contributed by atoms with Crippen molar-refractivity contribution in [2.75, 3.05) is 14.2 Å². The van der Waals surface area contributed by atoms with Crippen LogP contribution in [0.5, 0.6) is 5.75 Å². The van der Waals surface area contributed by atoms with Gasteiger partial charge >= 0.3 is 0 Å². The summed E-state index contributed by atoms with van der Waals surface area (Å²) in [5, 5.41) is 2.84. The number of hydrogen-bond donors (Lipinski definition) is 0. The van der Waals surface area contributed by atoms with E-state index < -0.39 is 0 Å². The Kier molecular flexibility index (Phi) is 4.97. The van der Waals surface area contributed by atoms with Gasteiger partial charge in [0.25, 0.3) is 5.56 Å². The molecule has 0 aliphatic rings. The van der Waals surface area contributed by atoms with Crippen LogP contribution in [-0.2, 0) is 11.3 Å². The molecule has 118 valence electrons. The summed E-state index contributed by atoms with van der Waals surface area (Å²) in [7, 11) is 3.15. The molecule has 22 heavy (non-hydrogen) atoms. The standard InChI is InChI=1S/C15H19N3O3S/c1-10-9-22-14(16-10)11(2)17(3)13(19)8-18-7-5-6-12(21-4)15(18)20/h5-7,9,11H,8H2,1-4H3/t11-/m1/s1. The number of rotatable bonds is 5.